The van der Waals surface area contributed by atoms with Gasteiger partial charge in [-0.3, -0.25) is 0 Å². The van der Waals surface area contributed by atoms with E-state index in [0.717, 1.165) is 19.3 Å². The van der Waals surface area contributed by atoms with Crippen LogP contribution in [0.2, 0.25) is 0 Å². The van der Waals surface area contributed by atoms with Gasteiger partial charge in [0.15, 0.2) is 0 Å². The highest BCUT2D eigenvalue weighted by atomic mass is 16.5. The van der Waals surface area contributed by atoms with Crippen LogP contribution in [0, 0.1) is 5.41 Å². The van der Waals surface area contributed by atoms with Gasteiger partial charge < -0.3 is 14.6 Å². The Morgan fingerprint density at radius 1 is 1.62 bits per heavy atom. The second-order valence-electron chi connectivity index (χ2n) is 4.87. The summed E-state index contributed by atoms with van der Waals surface area (Å²) in [4.78, 5) is 11.1. The monoisotopic (exact) mass is 226 g/mol. The van der Waals surface area contributed by atoms with Crippen molar-refractivity contribution >= 4 is 5.97 Å². The highest BCUT2D eigenvalue weighted by molar-refractivity contribution is 5.82. The van der Waals surface area contributed by atoms with Gasteiger partial charge in [0.05, 0.1) is 19.3 Å². The molecule has 0 amide bonds. The summed E-state index contributed by atoms with van der Waals surface area (Å²) in [6.07, 6.45) is 4.45. The smallest absolute Gasteiger partial charge is 0.333 e. The standard InChI is InChI=1S/C12H18O4/c1-12-7-8(6-11(14)15-2)16-10(12)5-3-4-9(12)13/h6,9-10,13H,3-5,7H2,1-2H3/b8-6+/t9-,10+,12+/m1/s1. The van der Waals surface area contributed by atoms with Gasteiger partial charge in [0.1, 0.15) is 11.9 Å². The summed E-state index contributed by atoms with van der Waals surface area (Å²) in [6, 6.07) is 0. The second-order valence-corrected chi connectivity index (χ2v) is 4.87. The van der Waals surface area contributed by atoms with Crippen molar-refractivity contribution in [3.05, 3.63) is 11.8 Å². The minimum atomic E-state index is -0.397. The molecular formula is C12H18O4. The van der Waals surface area contributed by atoms with Gasteiger partial charge in [-0.05, 0) is 19.3 Å². The molecule has 0 aromatic carbocycles. The molecule has 1 aliphatic heterocycles. The zero-order chi connectivity index (χ0) is 11.8. The summed E-state index contributed by atoms with van der Waals surface area (Å²) >= 11 is 0. The largest absolute Gasteiger partial charge is 0.494 e. The molecule has 2 fully saturated rings. The maximum Gasteiger partial charge on any atom is 0.333 e. The lowest BCUT2D eigenvalue weighted by Crippen LogP contribution is -2.42. The Labute approximate surface area is 95.2 Å². The molecule has 4 nitrogen and oxygen atoms in total. The summed E-state index contributed by atoms with van der Waals surface area (Å²) in [7, 11) is 1.35. The number of allylic oxidation sites excluding steroid dienone is 1. The van der Waals surface area contributed by atoms with Crippen LogP contribution >= 0.6 is 0 Å². The molecule has 0 bridgehead atoms. The lowest BCUT2D eigenvalue weighted by Gasteiger charge is -2.38. The minimum absolute atomic E-state index is 0.0344. The van der Waals surface area contributed by atoms with Gasteiger partial charge in [0.2, 0.25) is 0 Å². The van der Waals surface area contributed by atoms with Crippen molar-refractivity contribution in [3.8, 4) is 0 Å². The molecule has 1 aliphatic carbocycles. The Hall–Kier alpha value is -1.03. The fourth-order valence-electron chi connectivity index (χ4n) is 2.67. The molecular weight excluding hydrogens is 208 g/mol. The number of ether oxygens (including phenoxy) is 2. The molecule has 1 heterocycles. The maximum absolute atomic E-state index is 11.1. The van der Waals surface area contributed by atoms with E-state index >= 15 is 0 Å². The molecule has 4 heteroatoms. The number of fused-ring (bicyclic) bond motifs is 1. The zero-order valence-corrected chi connectivity index (χ0v) is 9.73. The molecule has 1 N–H and O–H groups in total. The van der Waals surface area contributed by atoms with Crippen LogP contribution in [0.1, 0.15) is 32.6 Å². The van der Waals surface area contributed by atoms with Gasteiger partial charge in [-0.2, -0.15) is 0 Å². The summed E-state index contributed by atoms with van der Waals surface area (Å²) < 4.78 is 10.3. The van der Waals surface area contributed by atoms with Crippen molar-refractivity contribution in [1.82, 2.24) is 0 Å². The number of hydrogen-bond donors (Lipinski definition) is 1. The van der Waals surface area contributed by atoms with Crippen LogP contribution in [0.4, 0.5) is 0 Å². The first-order valence-electron chi connectivity index (χ1n) is 5.69. The highest BCUT2D eigenvalue weighted by Gasteiger charge is 2.50. The van der Waals surface area contributed by atoms with E-state index in [1.165, 1.54) is 13.2 Å². The van der Waals surface area contributed by atoms with Crippen molar-refractivity contribution in [2.75, 3.05) is 7.11 Å². The molecule has 1 saturated heterocycles. The molecule has 16 heavy (non-hydrogen) atoms. The molecule has 1 saturated carbocycles. The van der Waals surface area contributed by atoms with E-state index in [1.54, 1.807) is 0 Å². The van der Waals surface area contributed by atoms with Crippen LogP contribution in [0.15, 0.2) is 11.8 Å². The Balaban J connectivity index is 2.15. The van der Waals surface area contributed by atoms with Crippen LogP contribution in [-0.4, -0.2) is 30.4 Å². The summed E-state index contributed by atoms with van der Waals surface area (Å²) in [5.41, 5.74) is -0.238. The van der Waals surface area contributed by atoms with Crippen LogP contribution in [0.25, 0.3) is 0 Å². The number of aliphatic hydroxyl groups excluding tert-OH is 1. The molecule has 3 atom stereocenters. The Morgan fingerprint density at radius 3 is 3.00 bits per heavy atom. The minimum Gasteiger partial charge on any atom is -0.494 e. The molecule has 90 valence electrons. The van der Waals surface area contributed by atoms with Crippen molar-refractivity contribution in [3.63, 3.8) is 0 Å². The second kappa shape index (κ2) is 4.09. The predicted molar refractivity (Wildman–Crippen MR) is 57.6 cm³/mol. The molecule has 2 rings (SSSR count). The fraction of sp³-hybridized carbons (Fsp3) is 0.750. The first kappa shape index (κ1) is 11.5. The van der Waals surface area contributed by atoms with Gasteiger partial charge in [-0.15, -0.1) is 0 Å². The third kappa shape index (κ3) is 1.82. The third-order valence-electron chi connectivity index (χ3n) is 3.77. The van der Waals surface area contributed by atoms with E-state index in [1.807, 2.05) is 6.92 Å². The first-order valence-corrected chi connectivity index (χ1v) is 5.69. The lowest BCUT2D eigenvalue weighted by molar-refractivity contribution is -0.135. The van der Waals surface area contributed by atoms with Gasteiger partial charge in [0, 0.05) is 11.8 Å². The summed E-state index contributed by atoms with van der Waals surface area (Å²) in [6.45, 7) is 2.03. The summed E-state index contributed by atoms with van der Waals surface area (Å²) in [5, 5.41) is 10.0. The molecule has 0 spiro atoms. The average molecular weight is 226 g/mol. The van der Waals surface area contributed by atoms with Crippen molar-refractivity contribution < 1.29 is 19.4 Å². The third-order valence-corrected chi connectivity index (χ3v) is 3.77. The van der Waals surface area contributed by atoms with Gasteiger partial charge in [-0.25, -0.2) is 4.79 Å². The molecule has 0 aromatic rings. The van der Waals surface area contributed by atoms with E-state index in [-0.39, 0.29) is 17.6 Å². The van der Waals surface area contributed by atoms with Crippen molar-refractivity contribution in [2.24, 2.45) is 5.41 Å². The molecule has 0 radical (unpaired) electrons. The topological polar surface area (TPSA) is 55.8 Å². The van der Waals surface area contributed by atoms with E-state index in [0.29, 0.717) is 12.2 Å². The van der Waals surface area contributed by atoms with Gasteiger partial charge in [-0.1, -0.05) is 6.92 Å². The van der Waals surface area contributed by atoms with E-state index in [2.05, 4.69) is 4.74 Å². The number of aliphatic hydroxyl groups is 1. The first-order chi connectivity index (χ1) is 7.56. The fourth-order valence-corrected chi connectivity index (χ4v) is 2.67. The maximum atomic E-state index is 11.1. The number of rotatable bonds is 1. The van der Waals surface area contributed by atoms with Crippen LogP contribution in [0.3, 0.4) is 0 Å². The number of carbonyl (C=O) groups excluding carboxylic acids is 1. The zero-order valence-electron chi connectivity index (χ0n) is 9.73. The summed E-state index contributed by atoms with van der Waals surface area (Å²) in [5.74, 6) is 0.243. The lowest BCUT2D eigenvalue weighted by atomic mass is 9.70. The van der Waals surface area contributed by atoms with Crippen molar-refractivity contribution in [1.29, 1.82) is 0 Å². The van der Waals surface area contributed by atoms with E-state index in [4.69, 9.17) is 4.74 Å². The molecule has 0 unspecified atom stereocenters. The number of esters is 1. The number of hydrogen-bond acceptors (Lipinski definition) is 4. The van der Waals surface area contributed by atoms with Gasteiger partial charge in [0.25, 0.3) is 0 Å². The molecule has 2 aliphatic rings. The van der Waals surface area contributed by atoms with Crippen molar-refractivity contribution in [2.45, 2.75) is 44.8 Å². The number of carbonyl (C=O) groups is 1. The molecule has 0 aromatic heterocycles. The Kier molecular flexibility index (Phi) is 2.93. The van der Waals surface area contributed by atoms with E-state index in [9.17, 15) is 9.90 Å². The SMILES string of the molecule is COC(=O)/C=C1\C[C@@]2(C)[C@H](O)CCC[C@@H]2O1. The van der Waals surface area contributed by atoms with Crippen LogP contribution in [-0.2, 0) is 14.3 Å². The van der Waals surface area contributed by atoms with Gasteiger partial charge >= 0.3 is 5.97 Å². The number of methoxy groups -OCH3 is 1. The normalized spacial score (nSPS) is 40.3. The highest BCUT2D eigenvalue weighted by Crippen LogP contribution is 2.49. The predicted octanol–water partition coefficient (Wildman–Crippen LogP) is 1.38. The van der Waals surface area contributed by atoms with E-state index < -0.39 is 5.97 Å². The average Bonchev–Trinajstić information content (AvgIpc) is 2.57. The quantitative estimate of drug-likeness (QED) is 0.542. The Bertz CT molecular complexity index is 323. The van der Waals surface area contributed by atoms with Crippen LogP contribution in [0.5, 0.6) is 0 Å². The Morgan fingerprint density at radius 2 is 2.38 bits per heavy atom. The van der Waals surface area contributed by atoms with Crippen LogP contribution < -0.4 is 0 Å².